The molecule has 1 spiro atoms. The summed E-state index contributed by atoms with van der Waals surface area (Å²) in [6.45, 7) is 0. The topological polar surface area (TPSA) is 38.7 Å². The van der Waals surface area contributed by atoms with E-state index in [1.807, 2.05) is 0 Å². The smallest absolute Gasteiger partial charge is 0.405 e. The lowest BCUT2D eigenvalue weighted by molar-refractivity contribution is -0.140. The molecule has 35 heavy (non-hydrogen) atoms. The molecule has 1 unspecified atom stereocenters. The standard InChI is InChI=1S/C22H11Cl3F7NO2/c23-14-6-10(7-15(24)17(14)25)12(21(27,28)29)8-16(26)9-1-2-11(13(5-9)22(30,31)32)18-33-20(3-4-20)19(34)35-18/h1-2,5-8,12H,3-4H2. The lowest BCUT2D eigenvalue weighted by atomic mass is 9.95. The summed E-state index contributed by atoms with van der Waals surface area (Å²) in [5, 5.41) is -0.848. The van der Waals surface area contributed by atoms with Gasteiger partial charge in [-0.1, -0.05) is 40.9 Å². The van der Waals surface area contributed by atoms with Crippen molar-refractivity contribution in [1.82, 2.24) is 0 Å². The van der Waals surface area contributed by atoms with E-state index in [9.17, 15) is 35.5 Å². The minimum absolute atomic E-state index is 0.108. The Labute approximate surface area is 208 Å². The minimum atomic E-state index is -5.06. The molecule has 13 heteroatoms. The highest BCUT2D eigenvalue weighted by atomic mass is 35.5. The summed E-state index contributed by atoms with van der Waals surface area (Å²) in [6.07, 6.45) is -9.35. The summed E-state index contributed by atoms with van der Waals surface area (Å²) in [5.74, 6) is -5.55. The number of alkyl halides is 6. The molecule has 0 N–H and O–H groups in total. The van der Waals surface area contributed by atoms with E-state index >= 15 is 0 Å². The van der Waals surface area contributed by atoms with Crippen molar-refractivity contribution >= 4 is 52.5 Å². The van der Waals surface area contributed by atoms with E-state index in [2.05, 4.69) is 4.99 Å². The highest BCUT2D eigenvalue weighted by Gasteiger charge is 2.57. The van der Waals surface area contributed by atoms with Gasteiger partial charge >= 0.3 is 18.3 Å². The molecule has 2 aliphatic rings. The van der Waals surface area contributed by atoms with E-state index in [0.717, 1.165) is 24.3 Å². The third kappa shape index (κ3) is 5.01. The second-order valence-corrected chi connectivity index (χ2v) is 9.12. The quantitative estimate of drug-likeness (QED) is 0.215. The first-order valence-electron chi connectivity index (χ1n) is 9.75. The summed E-state index contributed by atoms with van der Waals surface area (Å²) >= 11 is 17.3. The Morgan fingerprint density at radius 2 is 1.63 bits per heavy atom. The van der Waals surface area contributed by atoms with Crippen LogP contribution in [-0.2, 0) is 15.7 Å². The van der Waals surface area contributed by atoms with Crippen LogP contribution in [0, 0.1) is 0 Å². The number of hydrogen-bond acceptors (Lipinski definition) is 3. The number of aliphatic imine (C=N–C) groups is 1. The van der Waals surface area contributed by atoms with Crippen molar-refractivity contribution in [2.45, 2.75) is 36.7 Å². The van der Waals surface area contributed by atoms with Gasteiger partial charge in [0.2, 0.25) is 5.90 Å². The summed E-state index contributed by atoms with van der Waals surface area (Å²) in [6, 6.07) is 3.62. The molecular weight excluding hydrogens is 550 g/mol. The zero-order valence-corrected chi connectivity index (χ0v) is 19.3. The molecule has 2 aromatic carbocycles. The molecule has 3 nitrogen and oxygen atoms in total. The Balaban J connectivity index is 1.77. The van der Waals surface area contributed by atoms with Crippen LogP contribution in [0.3, 0.4) is 0 Å². The SMILES string of the molecule is O=C1OC(c2ccc(C(F)=CC(c3cc(Cl)c(Cl)c(Cl)c3)C(F)(F)F)cc2C(F)(F)F)=NC12CC2. The fourth-order valence-corrected chi connectivity index (χ4v) is 4.10. The highest BCUT2D eigenvalue weighted by molar-refractivity contribution is 6.48. The van der Waals surface area contributed by atoms with Crippen molar-refractivity contribution in [2.75, 3.05) is 0 Å². The predicted octanol–water partition coefficient (Wildman–Crippen LogP) is 8.16. The number of esters is 1. The van der Waals surface area contributed by atoms with Gasteiger partial charge in [0.15, 0.2) is 5.54 Å². The number of carbonyl (C=O) groups is 1. The van der Waals surface area contributed by atoms with Gasteiger partial charge in [-0.3, -0.25) is 0 Å². The number of hydrogen-bond donors (Lipinski definition) is 0. The van der Waals surface area contributed by atoms with Gasteiger partial charge < -0.3 is 4.74 Å². The number of rotatable bonds is 4. The molecule has 1 saturated carbocycles. The number of allylic oxidation sites excluding steroid dienone is 1. The molecule has 1 heterocycles. The molecule has 0 aromatic heterocycles. The number of ether oxygens (including phenoxy) is 1. The van der Waals surface area contributed by atoms with Crippen molar-refractivity contribution in [3.63, 3.8) is 0 Å². The van der Waals surface area contributed by atoms with Crippen molar-refractivity contribution in [3.05, 3.63) is 73.7 Å². The molecule has 0 amide bonds. The molecule has 1 fully saturated rings. The average Bonchev–Trinajstić information content (AvgIpc) is 3.46. The molecule has 0 radical (unpaired) electrons. The van der Waals surface area contributed by atoms with Crippen LogP contribution in [0.4, 0.5) is 30.7 Å². The second-order valence-electron chi connectivity index (χ2n) is 7.93. The predicted molar refractivity (Wildman–Crippen MR) is 115 cm³/mol. The van der Waals surface area contributed by atoms with Crippen molar-refractivity contribution in [2.24, 2.45) is 4.99 Å². The number of cyclic esters (lactones) is 1. The lowest BCUT2D eigenvalue weighted by Gasteiger charge is -2.19. The van der Waals surface area contributed by atoms with Gasteiger partial charge in [0.05, 0.1) is 20.6 Å². The normalized spacial score (nSPS) is 18.5. The van der Waals surface area contributed by atoms with Crippen LogP contribution in [-0.4, -0.2) is 23.6 Å². The van der Waals surface area contributed by atoms with Crippen molar-refractivity contribution in [3.8, 4) is 0 Å². The zero-order valence-electron chi connectivity index (χ0n) is 17.0. The van der Waals surface area contributed by atoms with E-state index in [1.54, 1.807) is 0 Å². The maximum absolute atomic E-state index is 14.9. The number of benzene rings is 2. The van der Waals surface area contributed by atoms with Crippen LogP contribution in [0.2, 0.25) is 15.1 Å². The van der Waals surface area contributed by atoms with Gasteiger partial charge in [-0.05, 0) is 48.7 Å². The third-order valence-corrected chi connectivity index (χ3v) is 6.67. The first-order chi connectivity index (χ1) is 16.1. The Hall–Kier alpha value is -2.30. The van der Waals surface area contributed by atoms with Gasteiger partial charge in [0.1, 0.15) is 11.7 Å². The monoisotopic (exact) mass is 559 g/mol. The minimum Gasteiger partial charge on any atom is -0.405 e. The number of nitrogens with zero attached hydrogens (tertiary/aromatic N) is 1. The fourth-order valence-electron chi connectivity index (χ4n) is 3.49. The second kappa shape index (κ2) is 8.67. The first kappa shape index (κ1) is 25.8. The first-order valence-corrected chi connectivity index (χ1v) is 10.9. The molecule has 0 saturated heterocycles. The highest BCUT2D eigenvalue weighted by Crippen LogP contribution is 2.46. The van der Waals surface area contributed by atoms with Crippen LogP contribution in [0.15, 0.2) is 41.4 Å². The molecule has 1 atom stereocenters. The summed E-state index contributed by atoms with van der Waals surface area (Å²) < 4.78 is 102. The maximum Gasteiger partial charge on any atom is 0.417 e. The van der Waals surface area contributed by atoms with E-state index in [-0.39, 0.29) is 21.1 Å². The van der Waals surface area contributed by atoms with Gasteiger partial charge in [0, 0.05) is 11.1 Å². The number of carbonyl (C=O) groups excluding carboxylic acids is 1. The Morgan fingerprint density at radius 3 is 2.11 bits per heavy atom. The molecule has 2 aromatic rings. The molecule has 1 aliphatic heterocycles. The fraction of sp³-hybridized carbons (Fsp3) is 0.273. The maximum atomic E-state index is 14.9. The molecular formula is C22H11Cl3F7NO2. The molecule has 1 aliphatic carbocycles. The van der Waals surface area contributed by atoms with Gasteiger partial charge in [-0.25, -0.2) is 14.2 Å². The summed E-state index contributed by atoms with van der Waals surface area (Å²) in [4.78, 5) is 15.8. The van der Waals surface area contributed by atoms with E-state index in [1.165, 1.54) is 0 Å². The Morgan fingerprint density at radius 1 is 1.03 bits per heavy atom. The Bertz CT molecular complexity index is 1260. The van der Waals surface area contributed by atoms with Crippen LogP contribution >= 0.6 is 34.8 Å². The van der Waals surface area contributed by atoms with Gasteiger partial charge in [-0.2, -0.15) is 26.3 Å². The van der Waals surface area contributed by atoms with Crippen LogP contribution in [0.5, 0.6) is 0 Å². The molecule has 4 rings (SSSR count). The van der Waals surface area contributed by atoms with Crippen LogP contribution < -0.4 is 0 Å². The average molecular weight is 561 g/mol. The summed E-state index contributed by atoms with van der Waals surface area (Å²) in [7, 11) is 0. The molecule has 0 bridgehead atoms. The lowest BCUT2D eigenvalue weighted by Crippen LogP contribution is -2.19. The number of halogens is 10. The third-order valence-electron chi connectivity index (χ3n) is 5.47. The van der Waals surface area contributed by atoms with Crippen LogP contribution in [0.25, 0.3) is 5.83 Å². The van der Waals surface area contributed by atoms with Crippen LogP contribution in [0.1, 0.15) is 41.0 Å². The largest absolute Gasteiger partial charge is 0.417 e. The van der Waals surface area contributed by atoms with Gasteiger partial charge in [0.25, 0.3) is 0 Å². The van der Waals surface area contributed by atoms with E-state index in [0.29, 0.717) is 18.9 Å². The van der Waals surface area contributed by atoms with E-state index in [4.69, 9.17) is 39.5 Å². The molecule has 186 valence electrons. The van der Waals surface area contributed by atoms with Gasteiger partial charge in [-0.15, -0.1) is 0 Å². The van der Waals surface area contributed by atoms with E-state index < -0.39 is 63.8 Å². The Kier molecular flexibility index (Phi) is 6.39. The van der Waals surface area contributed by atoms with Crippen molar-refractivity contribution in [1.29, 1.82) is 0 Å². The van der Waals surface area contributed by atoms with Crippen molar-refractivity contribution < 1.29 is 40.3 Å². The summed E-state index contributed by atoms with van der Waals surface area (Å²) in [5.41, 5.74) is -4.60. The zero-order chi connectivity index (χ0) is 25.9.